The first-order valence-corrected chi connectivity index (χ1v) is 10.2. The number of nitrogens with one attached hydrogen (secondary N) is 1. The molecule has 0 bridgehead atoms. The first-order valence-electron chi connectivity index (χ1n) is 9.43. The van der Waals surface area contributed by atoms with E-state index in [4.69, 9.17) is 4.74 Å². The van der Waals surface area contributed by atoms with Crippen LogP contribution in [0, 0.1) is 16.7 Å². The Morgan fingerprint density at radius 2 is 2.14 bits per heavy atom. The van der Waals surface area contributed by atoms with Gasteiger partial charge in [0.15, 0.2) is 5.13 Å². The molecule has 5 atom stereocenters. The molecule has 1 fully saturated rings. The number of methoxy groups -OCH3 is 1. The number of rotatable bonds is 6. The third-order valence-corrected chi connectivity index (χ3v) is 7.80. The van der Waals surface area contributed by atoms with Gasteiger partial charge in [0.2, 0.25) is 0 Å². The van der Waals surface area contributed by atoms with E-state index in [1.54, 1.807) is 0 Å². The Bertz CT molecular complexity index is 768. The minimum atomic E-state index is -1.16. The van der Waals surface area contributed by atoms with Gasteiger partial charge in [0, 0.05) is 29.3 Å². The zero-order valence-electron chi connectivity index (χ0n) is 16.4. The van der Waals surface area contributed by atoms with Gasteiger partial charge in [-0.05, 0) is 37.0 Å². The molecule has 156 valence electrons. The molecule has 1 saturated carbocycles. The average molecular weight is 412 g/mol. The fourth-order valence-corrected chi connectivity index (χ4v) is 6.24. The summed E-state index contributed by atoms with van der Waals surface area (Å²) in [6.07, 6.45) is 0.849. The molecular formula is C19H27N2O6S-. The maximum atomic E-state index is 11.9. The zero-order valence-corrected chi connectivity index (χ0v) is 17.2. The number of amides is 1. The molecule has 0 saturated heterocycles. The fourth-order valence-electron chi connectivity index (χ4n) is 5.15. The molecule has 0 spiro atoms. The lowest BCUT2D eigenvalue weighted by Crippen LogP contribution is -2.57. The molecule has 9 heteroatoms. The summed E-state index contributed by atoms with van der Waals surface area (Å²) < 4.78 is 4.82. The lowest BCUT2D eigenvalue weighted by atomic mass is 9.47. The van der Waals surface area contributed by atoms with Crippen LogP contribution in [0.3, 0.4) is 0 Å². The van der Waals surface area contributed by atoms with Crippen molar-refractivity contribution < 1.29 is 29.6 Å². The van der Waals surface area contributed by atoms with Crippen molar-refractivity contribution in [2.45, 2.75) is 51.6 Å². The van der Waals surface area contributed by atoms with Crippen molar-refractivity contribution in [2.24, 2.45) is 16.7 Å². The minimum Gasteiger partial charge on any atom is -0.550 e. The van der Waals surface area contributed by atoms with E-state index in [1.165, 1.54) is 18.4 Å². The van der Waals surface area contributed by atoms with Gasteiger partial charge in [0.25, 0.3) is 5.91 Å². The summed E-state index contributed by atoms with van der Waals surface area (Å²) in [6, 6.07) is 0. The number of carboxylic acid groups (broad SMARTS) is 1. The molecule has 3 N–H and O–H groups in total. The highest BCUT2D eigenvalue weighted by Crippen LogP contribution is 2.62. The van der Waals surface area contributed by atoms with Crippen molar-refractivity contribution in [3.8, 4) is 0 Å². The van der Waals surface area contributed by atoms with Gasteiger partial charge in [-0.15, -0.1) is 11.3 Å². The van der Waals surface area contributed by atoms with E-state index in [-0.39, 0.29) is 31.5 Å². The van der Waals surface area contributed by atoms with E-state index in [9.17, 15) is 24.9 Å². The van der Waals surface area contributed by atoms with Gasteiger partial charge < -0.3 is 24.9 Å². The Morgan fingerprint density at radius 3 is 2.75 bits per heavy atom. The highest BCUT2D eigenvalue weighted by Gasteiger charge is 2.58. The second-order valence-corrected chi connectivity index (χ2v) is 9.50. The predicted octanol–water partition coefficient (Wildman–Crippen LogP) is 0.284. The summed E-state index contributed by atoms with van der Waals surface area (Å²) >= 11 is 1.31. The van der Waals surface area contributed by atoms with Gasteiger partial charge in [0.1, 0.15) is 6.61 Å². The zero-order chi connectivity index (χ0) is 20.7. The number of aliphatic carboxylic acids is 1. The highest BCUT2D eigenvalue weighted by molar-refractivity contribution is 7.15. The standard InChI is InChI=1S/C19H28N2O6S/c1-18-5-4-13(23)19(2,9-22)12(18)7-11-16(10(18)6-15(25)26)21-17(28-11)20-14(24)8-27-3/h10,12-13,22-23H,4-9H2,1-3H3,(H,25,26)(H,20,21,24)/p-1/t10-,12+,13-,18+,19+/m1/s1. The third-order valence-electron chi connectivity index (χ3n) is 6.79. The molecule has 1 aromatic rings. The van der Waals surface area contributed by atoms with Crippen LogP contribution in [0.1, 0.15) is 49.6 Å². The molecule has 0 aromatic carbocycles. The number of hydrogen-bond donors (Lipinski definition) is 3. The number of nitrogens with zero attached hydrogens (tertiary/aromatic N) is 1. The Hall–Kier alpha value is -1.55. The maximum absolute atomic E-state index is 11.9. The second-order valence-electron chi connectivity index (χ2n) is 8.42. The van der Waals surface area contributed by atoms with Crippen molar-refractivity contribution in [3.63, 3.8) is 0 Å². The molecule has 0 radical (unpaired) electrons. The minimum absolute atomic E-state index is 0.0954. The number of hydrogen-bond acceptors (Lipinski definition) is 8. The van der Waals surface area contributed by atoms with E-state index in [0.717, 1.165) is 4.88 Å². The molecular weight excluding hydrogens is 384 g/mol. The van der Waals surface area contributed by atoms with Gasteiger partial charge in [-0.3, -0.25) is 10.1 Å². The van der Waals surface area contributed by atoms with E-state index in [2.05, 4.69) is 10.3 Å². The number of aliphatic hydroxyl groups is 2. The number of ether oxygens (including phenoxy) is 1. The van der Waals surface area contributed by atoms with Crippen LogP contribution in [0.25, 0.3) is 0 Å². The summed E-state index contributed by atoms with van der Waals surface area (Å²) in [5.74, 6) is -2.01. The SMILES string of the molecule is COCC(=O)Nc1nc2c(s1)C[C@@H]1[C@](C)(CO)[C@H](O)CC[C@@]1(C)[C@@H]2CC(=O)[O-]. The first kappa shape index (κ1) is 21.2. The van der Waals surface area contributed by atoms with Crippen LogP contribution < -0.4 is 10.4 Å². The Balaban J connectivity index is 2.04. The first-order chi connectivity index (χ1) is 13.2. The van der Waals surface area contributed by atoms with Crippen LogP contribution in [-0.4, -0.2) is 53.5 Å². The molecule has 0 aliphatic heterocycles. The molecule has 2 aliphatic rings. The molecule has 1 amide bonds. The quantitative estimate of drug-likeness (QED) is 0.613. The monoisotopic (exact) mass is 411 g/mol. The van der Waals surface area contributed by atoms with Gasteiger partial charge >= 0.3 is 0 Å². The molecule has 2 aliphatic carbocycles. The lowest BCUT2D eigenvalue weighted by Gasteiger charge is -2.58. The number of carbonyl (C=O) groups excluding carboxylic acids is 2. The van der Waals surface area contributed by atoms with Crippen molar-refractivity contribution in [1.29, 1.82) is 0 Å². The molecule has 1 heterocycles. The van der Waals surface area contributed by atoms with Gasteiger partial charge in [-0.25, -0.2) is 4.98 Å². The van der Waals surface area contributed by atoms with Crippen LogP contribution in [0.15, 0.2) is 0 Å². The van der Waals surface area contributed by atoms with Gasteiger partial charge in [0.05, 0.1) is 18.4 Å². The smallest absolute Gasteiger partial charge is 0.252 e. The second kappa shape index (κ2) is 7.70. The number of thiazole rings is 1. The summed E-state index contributed by atoms with van der Waals surface area (Å²) in [6.45, 7) is 3.61. The van der Waals surface area contributed by atoms with Crippen molar-refractivity contribution in [1.82, 2.24) is 4.98 Å². The number of anilines is 1. The van der Waals surface area contributed by atoms with E-state index in [1.807, 2.05) is 13.8 Å². The van der Waals surface area contributed by atoms with Gasteiger partial charge in [-0.2, -0.15) is 0 Å². The maximum Gasteiger partial charge on any atom is 0.252 e. The number of carbonyl (C=O) groups is 2. The van der Waals surface area contributed by atoms with Crippen molar-refractivity contribution >= 4 is 28.3 Å². The number of aliphatic hydroxyl groups excluding tert-OH is 2. The Kier molecular flexibility index (Phi) is 5.82. The van der Waals surface area contributed by atoms with Crippen LogP contribution in [0.5, 0.6) is 0 Å². The van der Waals surface area contributed by atoms with E-state index in [0.29, 0.717) is 30.1 Å². The van der Waals surface area contributed by atoms with Crippen LogP contribution in [0.2, 0.25) is 0 Å². The average Bonchev–Trinajstić information content (AvgIpc) is 3.02. The number of carboxylic acids is 1. The van der Waals surface area contributed by atoms with E-state index >= 15 is 0 Å². The summed E-state index contributed by atoms with van der Waals surface area (Å²) in [5.41, 5.74) is -0.512. The number of fused-ring (bicyclic) bond motifs is 2. The molecule has 0 unspecified atom stereocenters. The van der Waals surface area contributed by atoms with Crippen LogP contribution in [0.4, 0.5) is 5.13 Å². The molecule has 8 nitrogen and oxygen atoms in total. The topological polar surface area (TPSA) is 132 Å². The third kappa shape index (κ3) is 3.45. The summed E-state index contributed by atoms with van der Waals surface area (Å²) in [4.78, 5) is 28.8. The fraction of sp³-hybridized carbons (Fsp3) is 0.737. The summed E-state index contributed by atoms with van der Waals surface area (Å²) in [5, 5.41) is 35.3. The lowest BCUT2D eigenvalue weighted by molar-refractivity contribution is -0.307. The van der Waals surface area contributed by atoms with E-state index < -0.39 is 28.8 Å². The molecule has 1 aromatic heterocycles. The van der Waals surface area contributed by atoms with Crippen molar-refractivity contribution in [3.05, 3.63) is 10.6 Å². The Labute approximate surface area is 167 Å². The van der Waals surface area contributed by atoms with Crippen LogP contribution >= 0.6 is 11.3 Å². The number of aromatic nitrogens is 1. The molecule has 28 heavy (non-hydrogen) atoms. The van der Waals surface area contributed by atoms with Crippen molar-refractivity contribution in [2.75, 3.05) is 25.6 Å². The highest BCUT2D eigenvalue weighted by atomic mass is 32.1. The normalized spacial score (nSPS) is 34.4. The van der Waals surface area contributed by atoms with Crippen LogP contribution in [-0.2, 0) is 20.7 Å². The largest absolute Gasteiger partial charge is 0.550 e. The predicted molar refractivity (Wildman–Crippen MR) is 101 cm³/mol. The Morgan fingerprint density at radius 1 is 1.43 bits per heavy atom. The molecule has 3 rings (SSSR count). The van der Waals surface area contributed by atoms with Gasteiger partial charge in [-0.1, -0.05) is 13.8 Å². The summed E-state index contributed by atoms with van der Waals surface area (Å²) in [7, 11) is 1.43.